The maximum atomic E-state index is 12.5. The van der Waals surface area contributed by atoms with Gasteiger partial charge in [0.05, 0.1) is 10.2 Å². The first kappa shape index (κ1) is 22.9. The van der Waals surface area contributed by atoms with Crippen molar-refractivity contribution in [3.05, 3.63) is 48.0 Å². The Kier molecular flexibility index (Phi) is 7.03. The van der Waals surface area contributed by atoms with Gasteiger partial charge in [0.1, 0.15) is 11.0 Å². The molecule has 33 heavy (non-hydrogen) atoms. The maximum absolute atomic E-state index is 12.5. The second-order valence-electron chi connectivity index (χ2n) is 8.45. The molecule has 172 valence electrons. The van der Waals surface area contributed by atoms with Gasteiger partial charge in [-0.05, 0) is 67.6 Å². The Morgan fingerprint density at radius 2 is 1.85 bits per heavy atom. The molecule has 4 rings (SSSR count). The summed E-state index contributed by atoms with van der Waals surface area (Å²) in [5.74, 6) is -1.21. The quantitative estimate of drug-likeness (QED) is 0.503. The molecule has 1 unspecified atom stereocenters. The Morgan fingerprint density at radius 3 is 2.55 bits per heavy atom. The molecule has 0 aliphatic heterocycles. The van der Waals surface area contributed by atoms with Crippen molar-refractivity contribution in [2.24, 2.45) is 5.92 Å². The van der Waals surface area contributed by atoms with Gasteiger partial charge in [0, 0.05) is 18.2 Å². The van der Waals surface area contributed by atoms with Crippen molar-refractivity contribution in [3.8, 4) is 10.6 Å². The molecular weight excluding hydrogens is 438 g/mol. The molecule has 1 aliphatic carbocycles. The van der Waals surface area contributed by atoms with Gasteiger partial charge >= 0.3 is 5.97 Å². The molecule has 0 spiro atoms. The second-order valence-corrected chi connectivity index (χ2v) is 9.48. The molecule has 1 atom stereocenters. The van der Waals surface area contributed by atoms with Crippen LogP contribution < -0.4 is 10.6 Å². The van der Waals surface area contributed by atoms with Crippen LogP contribution in [-0.4, -0.2) is 35.4 Å². The van der Waals surface area contributed by atoms with Crippen LogP contribution in [0.25, 0.3) is 20.8 Å². The van der Waals surface area contributed by atoms with E-state index < -0.39 is 24.5 Å². The van der Waals surface area contributed by atoms with E-state index in [-0.39, 0.29) is 11.8 Å². The number of rotatable bonds is 7. The van der Waals surface area contributed by atoms with Crippen molar-refractivity contribution >= 4 is 45.0 Å². The van der Waals surface area contributed by atoms with E-state index in [1.165, 1.54) is 12.5 Å². The summed E-state index contributed by atoms with van der Waals surface area (Å²) in [5.41, 5.74) is 3.73. The van der Waals surface area contributed by atoms with Gasteiger partial charge in [0.2, 0.25) is 5.91 Å². The molecule has 1 fully saturated rings. The van der Waals surface area contributed by atoms with Gasteiger partial charge in [-0.2, -0.15) is 0 Å². The Bertz CT molecular complexity index is 1170. The molecule has 1 aromatic heterocycles. The molecule has 0 saturated heterocycles. The number of nitrogens with zero attached hydrogens (tertiary/aromatic N) is 1. The Balaban J connectivity index is 1.33. The van der Waals surface area contributed by atoms with E-state index in [2.05, 4.69) is 28.6 Å². The number of hydrogen-bond acceptors (Lipinski definition) is 6. The highest BCUT2D eigenvalue weighted by molar-refractivity contribution is 7.21. The predicted molar refractivity (Wildman–Crippen MR) is 129 cm³/mol. The molecule has 1 heterocycles. The number of hydrogen-bond donors (Lipinski definition) is 2. The molecule has 2 aromatic carbocycles. The fourth-order valence-electron chi connectivity index (χ4n) is 4.15. The van der Waals surface area contributed by atoms with Crippen LogP contribution in [0.1, 0.15) is 38.2 Å². The van der Waals surface area contributed by atoms with Crippen molar-refractivity contribution in [1.29, 1.82) is 0 Å². The molecule has 1 saturated carbocycles. The number of ether oxygens (including phenoxy) is 1. The third-order valence-corrected chi connectivity index (χ3v) is 6.86. The number of carbonyl (C=O) groups excluding carboxylic acids is 3. The van der Waals surface area contributed by atoms with Crippen LogP contribution in [0, 0.1) is 12.8 Å². The van der Waals surface area contributed by atoms with Gasteiger partial charge < -0.3 is 15.4 Å². The molecule has 3 aromatic rings. The topological polar surface area (TPSA) is 97.4 Å². The van der Waals surface area contributed by atoms with E-state index in [1.54, 1.807) is 23.5 Å². The molecule has 0 bridgehead atoms. The fourth-order valence-corrected chi connectivity index (χ4v) is 5.22. The fraction of sp³-hybridized carbons (Fsp3) is 0.360. The number of amides is 2. The zero-order valence-electron chi connectivity index (χ0n) is 18.7. The lowest BCUT2D eigenvalue weighted by Gasteiger charge is -2.22. The average molecular weight is 466 g/mol. The second kappa shape index (κ2) is 10.1. The van der Waals surface area contributed by atoms with Gasteiger partial charge in [0.25, 0.3) is 5.91 Å². The Morgan fingerprint density at radius 1 is 1.12 bits per heavy atom. The first-order chi connectivity index (χ1) is 15.9. The van der Waals surface area contributed by atoms with Crippen LogP contribution >= 0.6 is 11.3 Å². The molecule has 2 N–H and O–H groups in total. The number of thiazole rings is 1. The van der Waals surface area contributed by atoms with Crippen LogP contribution in [0.2, 0.25) is 0 Å². The normalized spacial score (nSPS) is 14.7. The molecule has 8 heteroatoms. The van der Waals surface area contributed by atoms with Crippen LogP contribution in [0.3, 0.4) is 0 Å². The minimum atomic E-state index is -0.699. The van der Waals surface area contributed by atoms with Gasteiger partial charge in [-0.15, -0.1) is 11.3 Å². The van der Waals surface area contributed by atoms with E-state index in [0.29, 0.717) is 5.69 Å². The van der Waals surface area contributed by atoms with Crippen molar-refractivity contribution in [3.63, 3.8) is 0 Å². The number of esters is 1. The van der Waals surface area contributed by atoms with E-state index in [0.717, 1.165) is 46.5 Å². The van der Waals surface area contributed by atoms with E-state index in [4.69, 9.17) is 4.74 Å². The lowest BCUT2D eigenvalue weighted by atomic mass is 9.98. The smallest absolute Gasteiger partial charge is 0.329 e. The Labute approximate surface area is 196 Å². The first-order valence-corrected chi connectivity index (χ1v) is 11.9. The zero-order chi connectivity index (χ0) is 23.4. The number of aryl methyl sites for hydroxylation is 1. The number of anilines is 1. The summed E-state index contributed by atoms with van der Waals surface area (Å²) in [5, 5.41) is 6.33. The third kappa shape index (κ3) is 5.76. The van der Waals surface area contributed by atoms with Crippen molar-refractivity contribution < 1.29 is 19.1 Å². The minimum Gasteiger partial charge on any atom is -0.454 e. The minimum absolute atomic E-state index is 0.0587. The van der Waals surface area contributed by atoms with Crippen LogP contribution in [-0.2, 0) is 19.1 Å². The van der Waals surface area contributed by atoms with Crippen molar-refractivity contribution in [1.82, 2.24) is 10.3 Å². The largest absolute Gasteiger partial charge is 0.454 e. The summed E-state index contributed by atoms with van der Waals surface area (Å²) in [7, 11) is 0. The van der Waals surface area contributed by atoms with Gasteiger partial charge in [-0.3, -0.25) is 9.59 Å². The predicted octanol–water partition coefficient (Wildman–Crippen LogP) is 4.45. The summed E-state index contributed by atoms with van der Waals surface area (Å²) in [6.07, 6.45) is 3.79. The average Bonchev–Trinajstić information content (AvgIpc) is 3.46. The standard InChI is InChI=1S/C25H27N3O4S/c1-15-7-12-20-21(13-15)33-24(28-20)18-8-10-19(11-9-18)27-22(30)14-32-25(31)23(26-16(2)29)17-5-3-4-6-17/h7-13,17,23H,3-6,14H2,1-2H3,(H,26,29)(H,27,30). The SMILES string of the molecule is CC(=O)NC(C(=O)OCC(=O)Nc1ccc(-c2nc3ccc(C)cc3s2)cc1)C1CCCC1. The summed E-state index contributed by atoms with van der Waals surface area (Å²) >= 11 is 1.63. The number of fused-ring (bicyclic) bond motifs is 1. The summed E-state index contributed by atoms with van der Waals surface area (Å²) in [4.78, 5) is 41.0. The number of carbonyl (C=O) groups is 3. The molecule has 7 nitrogen and oxygen atoms in total. The lowest BCUT2D eigenvalue weighted by molar-refractivity contribution is -0.152. The van der Waals surface area contributed by atoms with Crippen LogP contribution in [0.4, 0.5) is 5.69 Å². The third-order valence-electron chi connectivity index (χ3n) is 5.79. The van der Waals surface area contributed by atoms with E-state index >= 15 is 0 Å². The van der Waals surface area contributed by atoms with E-state index in [1.807, 2.05) is 24.3 Å². The highest BCUT2D eigenvalue weighted by atomic mass is 32.1. The van der Waals surface area contributed by atoms with Gasteiger partial charge in [-0.1, -0.05) is 18.9 Å². The van der Waals surface area contributed by atoms with Gasteiger partial charge in [0.15, 0.2) is 6.61 Å². The lowest BCUT2D eigenvalue weighted by Crippen LogP contribution is -2.46. The highest BCUT2D eigenvalue weighted by Crippen LogP contribution is 2.31. The van der Waals surface area contributed by atoms with Crippen LogP contribution in [0.15, 0.2) is 42.5 Å². The zero-order valence-corrected chi connectivity index (χ0v) is 19.5. The monoisotopic (exact) mass is 465 g/mol. The van der Waals surface area contributed by atoms with E-state index in [9.17, 15) is 14.4 Å². The maximum Gasteiger partial charge on any atom is 0.329 e. The molecule has 2 amide bonds. The molecule has 1 aliphatic rings. The van der Waals surface area contributed by atoms with Crippen molar-refractivity contribution in [2.45, 2.75) is 45.6 Å². The number of aromatic nitrogens is 1. The number of nitrogens with one attached hydrogen (secondary N) is 2. The first-order valence-electron chi connectivity index (χ1n) is 11.1. The molecular formula is C25H27N3O4S. The highest BCUT2D eigenvalue weighted by Gasteiger charge is 2.32. The molecule has 0 radical (unpaired) electrons. The number of benzene rings is 2. The van der Waals surface area contributed by atoms with Gasteiger partial charge in [-0.25, -0.2) is 9.78 Å². The summed E-state index contributed by atoms with van der Waals surface area (Å²) in [6, 6.07) is 12.9. The summed E-state index contributed by atoms with van der Waals surface area (Å²) < 4.78 is 6.35. The summed E-state index contributed by atoms with van der Waals surface area (Å²) in [6.45, 7) is 3.03. The Hall–Kier alpha value is -3.26. The van der Waals surface area contributed by atoms with Crippen molar-refractivity contribution in [2.75, 3.05) is 11.9 Å². The van der Waals surface area contributed by atoms with Crippen LogP contribution in [0.5, 0.6) is 0 Å².